The van der Waals surface area contributed by atoms with Gasteiger partial charge in [0.25, 0.3) is 0 Å². The molecule has 0 aromatic carbocycles. The normalized spacial score (nSPS) is 14.0. The molecule has 0 radical (unpaired) electrons. The van der Waals surface area contributed by atoms with Crippen LogP contribution in [0.25, 0.3) is 0 Å². The summed E-state index contributed by atoms with van der Waals surface area (Å²) in [6.07, 6.45) is 2.75. The van der Waals surface area contributed by atoms with E-state index >= 15 is 0 Å². The Kier molecular flexibility index (Phi) is 5.16. The van der Waals surface area contributed by atoms with Gasteiger partial charge in [0.05, 0.1) is 0 Å². The lowest BCUT2D eigenvalue weighted by Crippen LogP contribution is -1.74. The molecule has 0 saturated carbocycles. The smallest absolute Gasteiger partial charge is 0.244 e. The molecule has 0 aromatic heterocycles. The minimum atomic E-state index is -2.01. The zero-order valence-electron chi connectivity index (χ0n) is 4.43. The Labute approximate surface area is 63.4 Å². The molecular weight excluding hydrogens is 182 g/mol. The van der Waals surface area contributed by atoms with E-state index in [-0.39, 0.29) is 6.16 Å². The van der Waals surface area contributed by atoms with Crippen LogP contribution < -0.4 is 0 Å². The van der Waals surface area contributed by atoms with E-state index in [0.717, 1.165) is 6.08 Å². The van der Waals surface area contributed by atoms with Gasteiger partial charge in [-0.3, -0.25) is 4.79 Å². The number of halogens is 2. The first-order valence-electron chi connectivity index (χ1n) is 2.17. The first-order chi connectivity index (χ1) is 4.13. The summed E-state index contributed by atoms with van der Waals surface area (Å²) in [5.41, 5.74) is 0. The molecule has 0 rings (SSSR count). The Morgan fingerprint density at radius 3 is 2.56 bits per heavy atom. The molecule has 5 heteroatoms. The molecule has 0 aliphatic carbocycles. The predicted octanol–water partition coefficient (Wildman–Crippen LogP) is 2.02. The maximum Gasteiger partial charge on any atom is 0.244 e. The number of allylic oxidation sites excluding steroid dienone is 2. The van der Waals surface area contributed by atoms with Crippen LogP contribution in [0.15, 0.2) is 12.2 Å². The fraction of sp³-hybridized carbons (Fsp3) is 0.250. The highest BCUT2D eigenvalue weighted by molar-refractivity contribution is 7.73. The first kappa shape index (κ1) is 9.22. The standard InChI is InChI=1S/C4H5Cl2O2P/c5-4(7)2-1-3-9(6)8/h1-2,9H,3H2. The van der Waals surface area contributed by atoms with Crippen LogP contribution in [-0.4, -0.2) is 11.4 Å². The van der Waals surface area contributed by atoms with Crippen LogP contribution >= 0.6 is 30.0 Å². The molecule has 1 atom stereocenters. The van der Waals surface area contributed by atoms with Crippen LogP contribution in [0, 0.1) is 0 Å². The Bertz CT molecular complexity index is 155. The van der Waals surface area contributed by atoms with E-state index in [0.29, 0.717) is 0 Å². The summed E-state index contributed by atoms with van der Waals surface area (Å²) >= 11 is 10.0. The van der Waals surface area contributed by atoms with Gasteiger partial charge in [0.15, 0.2) is 7.15 Å². The number of hydrogen-bond acceptors (Lipinski definition) is 2. The number of carbonyl (C=O) groups excluding carboxylic acids is 1. The van der Waals surface area contributed by atoms with E-state index in [2.05, 4.69) is 0 Å². The molecule has 9 heavy (non-hydrogen) atoms. The molecule has 1 unspecified atom stereocenters. The summed E-state index contributed by atoms with van der Waals surface area (Å²) in [5, 5.41) is -0.574. The lowest BCUT2D eigenvalue weighted by molar-refractivity contribution is -0.107. The monoisotopic (exact) mass is 186 g/mol. The second-order valence-corrected chi connectivity index (χ2v) is 4.02. The number of hydrogen-bond donors (Lipinski definition) is 0. The molecule has 0 aliphatic rings. The topological polar surface area (TPSA) is 34.1 Å². The van der Waals surface area contributed by atoms with Crippen LogP contribution in [0.5, 0.6) is 0 Å². The molecule has 0 N–H and O–H groups in total. The summed E-state index contributed by atoms with van der Waals surface area (Å²) < 4.78 is 10.2. The van der Waals surface area contributed by atoms with E-state index in [4.69, 9.17) is 22.8 Å². The van der Waals surface area contributed by atoms with Gasteiger partial charge in [-0.2, -0.15) is 0 Å². The molecule has 0 aliphatic heterocycles. The lowest BCUT2D eigenvalue weighted by atomic mass is 10.6. The van der Waals surface area contributed by atoms with Crippen molar-refractivity contribution in [2.75, 3.05) is 6.16 Å². The molecular formula is C4H5Cl2O2P. The van der Waals surface area contributed by atoms with Crippen LogP contribution in [0.4, 0.5) is 0 Å². The van der Waals surface area contributed by atoms with Crippen molar-refractivity contribution in [1.29, 1.82) is 0 Å². The molecule has 52 valence electrons. The maximum absolute atomic E-state index is 10.2. The molecule has 2 nitrogen and oxygen atoms in total. The van der Waals surface area contributed by atoms with Crippen molar-refractivity contribution >= 4 is 35.2 Å². The molecule has 0 fully saturated rings. The fourth-order valence-electron chi connectivity index (χ4n) is 0.244. The second-order valence-electron chi connectivity index (χ2n) is 1.27. The van der Waals surface area contributed by atoms with Crippen LogP contribution in [0.1, 0.15) is 0 Å². The van der Waals surface area contributed by atoms with Crippen LogP contribution in [-0.2, 0) is 9.36 Å². The van der Waals surface area contributed by atoms with Crippen LogP contribution in [0.3, 0.4) is 0 Å². The molecule has 0 saturated heterocycles. The van der Waals surface area contributed by atoms with Crippen molar-refractivity contribution in [3.8, 4) is 0 Å². The van der Waals surface area contributed by atoms with Gasteiger partial charge < -0.3 is 4.57 Å². The van der Waals surface area contributed by atoms with E-state index < -0.39 is 12.4 Å². The number of carbonyl (C=O) groups is 1. The van der Waals surface area contributed by atoms with E-state index in [1.165, 1.54) is 6.08 Å². The highest BCUT2D eigenvalue weighted by Crippen LogP contribution is 2.25. The largest absolute Gasteiger partial charge is 0.310 e. The third-order valence-corrected chi connectivity index (χ3v) is 1.67. The SMILES string of the molecule is O=C(Cl)C=CC[PH](=O)Cl. The predicted molar refractivity (Wildman–Crippen MR) is 39.7 cm³/mol. The average Bonchev–Trinajstić information content (AvgIpc) is 1.63. The number of rotatable bonds is 3. The van der Waals surface area contributed by atoms with Gasteiger partial charge in [0.1, 0.15) is 0 Å². The Hall–Kier alpha value is 0.220. The average molecular weight is 187 g/mol. The van der Waals surface area contributed by atoms with Gasteiger partial charge in [-0.1, -0.05) is 17.3 Å². The Morgan fingerprint density at radius 2 is 2.22 bits per heavy atom. The zero-order valence-corrected chi connectivity index (χ0v) is 6.95. The van der Waals surface area contributed by atoms with E-state index in [9.17, 15) is 9.36 Å². The van der Waals surface area contributed by atoms with Crippen molar-refractivity contribution in [2.24, 2.45) is 0 Å². The highest BCUT2D eigenvalue weighted by atomic mass is 35.7. The summed E-state index contributed by atoms with van der Waals surface area (Å²) in [4.78, 5) is 9.97. The lowest BCUT2D eigenvalue weighted by Gasteiger charge is -1.79. The van der Waals surface area contributed by atoms with Crippen molar-refractivity contribution < 1.29 is 9.36 Å². The summed E-state index contributed by atoms with van der Waals surface area (Å²) in [7, 11) is -2.01. The van der Waals surface area contributed by atoms with Crippen molar-refractivity contribution in [2.45, 2.75) is 0 Å². The minimum Gasteiger partial charge on any atom is -0.310 e. The third kappa shape index (κ3) is 8.22. The van der Waals surface area contributed by atoms with Crippen LogP contribution in [0.2, 0.25) is 0 Å². The van der Waals surface area contributed by atoms with Gasteiger partial charge in [-0.05, 0) is 17.7 Å². The van der Waals surface area contributed by atoms with E-state index in [1.807, 2.05) is 0 Å². The molecule has 0 bridgehead atoms. The van der Waals surface area contributed by atoms with Crippen molar-refractivity contribution in [3.05, 3.63) is 12.2 Å². The third-order valence-electron chi connectivity index (χ3n) is 0.527. The Balaban J connectivity index is 3.48. The molecule has 0 amide bonds. The van der Waals surface area contributed by atoms with Gasteiger partial charge in [-0.25, -0.2) is 0 Å². The molecule has 0 aromatic rings. The van der Waals surface area contributed by atoms with Gasteiger partial charge in [0.2, 0.25) is 5.24 Å². The van der Waals surface area contributed by atoms with Gasteiger partial charge in [0, 0.05) is 6.16 Å². The molecule has 0 spiro atoms. The summed E-state index contributed by atoms with van der Waals surface area (Å²) in [6, 6.07) is 0. The zero-order chi connectivity index (χ0) is 7.28. The van der Waals surface area contributed by atoms with Crippen molar-refractivity contribution in [3.63, 3.8) is 0 Å². The summed E-state index contributed by atoms with van der Waals surface area (Å²) in [6.45, 7) is 0. The van der Waals surface area contributed by atoms with E-state index in [1.54, 1.807) is 0 Å². The quantitative estimate of drug-likeness (QED) is 0.384. The maximum atomic E-state index is 10.2. The van der Waals surface area contributed by atoms with Gasteiger partial charge in [-0.15, -0.1) is 0 Å². The molecule has 0 heterocycles. The summed E-state index contributed by atoms with van der Waals surface area (Å²) in [5.74, 6) is 0. The minimum absolute atomic E-state index is 0.227. The second kappa shape index (κ2) is 5.04. The van der Waals surface area contributed by atoms with Crippen molar-refractivity contribution in [1.82, 2.24) is 0 Å². The first-order valence-corrected chi connectivity index (χ1v) is 5.18. The Morgan fingerprint density at radius 1 is 1.67 bits per heavy atom. The fourth-order valence-corrected chi connectivity index (χ4v) is 0.904. The highest BCUT2D eigenvalue weighted by Gasteiger charge is 1.88. The van der Waals surface area contributed by atoms with Gasteiger partial charge >= 0.3 is 0 Å².